The number of hydrogen-bond acceptors (Lipinski definition) is 4. The van der Waals surface area contributed by atoms with E-state index < -0.39 is 17.4 Å². The van der Waals surface area contributed by atoms with Gasteiger partial charge in [-0.1, -0.05) is 30.0 Å². The summed E-state index contributed by atoms with van der Waals surface area (Å²) in [6.07, 6.45) is 1.32. The summed E-state index contributed by atoms with van der Waals surface area (Å²) < 4.78 is 9.57. The van der Waals surface area contributed by atoms with Crippen LogP contribution in [0.5, 0.6) is 0 Å². The molecule has 1 rings (SSSR count). The number of carbonyl (C=O) groups excluding carboxylic acids is 2. The van der Waals surface area contributed by atoms with E-state index in [1.165, 1.54) is 20.3 Å². The zero-order valence-corrected chi connectivity index (χ0v) is 13.8. The molecule has 0 unspecified atom stereocenters. The van der Waals surface area contributed by atoms with E-state index in [1.54, 1.807) is 0 Å². The van der Waals surface area contributed by atoms with Gasteiger partial charge in [0, 0.05) is 12.0 Å². The molecule has 0 bridgehead atoms. The smallest absolute Gasteiger partial charge is 0.328 e. The normalized spacial score (nSPS) is 9.74. The van der Waals surface area contributed by atoms with Gasteiger partial charge in [-0.3, -0.25) is 9.59 Å². The van der Waals surface area contributed by atoms with Crippen LogP contribution in [0.15, 0.2) is 47.7 Å². The molecule has 0 amide bonds. The van der Waals surface area contributed by atoms with Crippen molar-refractivity contribution in [2.45, 2.75) is 20.3 Å². The molecule has 0 N–H and O–H groups in total. The molecule has 120 valence electrons. The Labute approximate surface area is 136 Å². The van der Waals surface area contributed by atoms with Crippen molar-refractivity contribution in [3.63, 3.8) is 0 Å². The second-order valence-electron chi connectivity index (χ2n) is 5.09. The van der Waals surface area contributed by atoms with Gasteiger partial charge in [0.15, 0.2) is 0 Å². The summed E-state index contributed by atoms with van der Waals surface area (Å²) >= 11 is 0. The molecule has 4 heteroatoms. The van der Waals surface area contributed by atoms with Gasteiger partial charge in [0.2, 0.25) is 5.41 Å². The third-order valence-corrected chi connectivity index (χ3v) is 3.08. The van der Waals surface area contributed by atoms with Gasteiger partial charge >= 0.3 is 11.9 Å². The number of rotatable bonds is 4. The van der Waals surface area contributed by atoms with Crippen LogP contribution < -0.4 is 0 Å². The Balaban J connectivity index is 3.27. The SMILES string of the molecule is COC(=O)C(C=C=C(C)C)(CC#Cc1ccccc1)C(=O)OC. The monoisotopic (exact) mass is 312 g/mol. The number of carbonyl (C=O) groups is 2. The molecule has 0 saturated carbocycles. The Morgan fingerprint density at radius 2 is 1.65 bits per heavy atom. The molecule has 0 spiro atoms. The maximum atomic E-state index is 12.2. The van der Waals surface area contributed by atoms with Gasteiger partial charge in [-0.25, -0.2) is 0 Å². The van der Waals surface area contributed by atoms with Crippen LogP contribution in [0.1, 0.15) is 25.8 Å². The van der Waals surface area contributed by atoms with Crippen LogP contribution in [0.2, 0.25) is 0 Å². The Morgan fingerprint density at radius 1 is 1.09 bits per heavy atom. The highest BCUT2D eigenvalue weighted by molar-refractivity contribution is 6.02. The van der Waals surface area contributed by atoms with E-state index in [0.717, 1.165) is 11.1 Å². The molecule has 0 heterocycles. The fraction of sp³-hybridized carbons (Fsp3) is 0.316. The molecular weight excluding hydrogens is 292 g/mol. The van der Waals surface area contributed by atoms with Gasteiger partial charge in [-0.2, -0.15) is 0 Å². The summed E-state index contributed by atoms with van der Waals surface area (Å²) in [4.78, 5) is 24.4. The second kappa shape index (κ2) is 8.63. The highest BCUT2D eigenvalue weighted by Gasteiger charge is 2.46. The fourth-order valence-corrected chi connectivity index (χ4v) is 1.84. The number of hydrogen-bond donors (Lipinski definition) is 0. The lowest BCUT2D eigenvalue weighted by molar-refractivity contribution is -0.164. The van der Waals surface area contributed by atoms with Gasteiger partial charge in [-0.05, 0) is 37.6 Å². The van der Waals surface area contributed by atoms with Crippen molar-refractivity contribution in [3.05, 3.63) is 53.3 Å². The van der Waals surface area contributed by atoms with Crippen LogP contribution in [-0.2, 0) is 19.1 Å². The molecule has 0 aromatic heterocycles. The van der Waals surface area contributed by atoms with Gasteiger partial charge < -0.3 is 9.47 Å². The van der Waals surface area contributed by atoms with E-state index in [2.05, 4.69) is 17.6 Å². The van der Waals surface area contributed by atoms with Crippen LogP contribution in [0.25, 0.3) is 0 Å². The first-order valence-electron chi connectivity index (χ1n) is 7.08. The average molecular weight is 312 g/mol. The molecule has 1 aromatic carbocycles. The predicted molar refractivity (Wildman–Crippen MR) is 87.3 cm³/mol. The Morgan fingerprint density at radius 3 is 2.13 bits per heavy atom. The quantitative estimate of drug-likeness (QED) is 0.371. The third-order valence-electron chi connectivity index (χ3n) is 3.08. The molecule has 0 aliphatic heterocycles. The van der Waals surface area contributed by atoms with Crippen LogP contribution in [0.4, 0.5) is 0 Å². The van der Waals surface area contributed by atoms with E-state index in [9.17, 15) is 9.59 Å². The number of methoxy groups -OCH3 is 2. The maximum Gasteiger partial charge on any atom is 0.328 e. The van der Waals surface area contributed by atoms with E-state index in [4.69, 9.17) is 9.47 Å². The van der Waals surface area contributed by atoms with Crippen LogP contribution in [-0.4, -0.2) is 26.2 Å². The molecular formula is C19H20O4. The van der Waals surface area contributed by atoms with Crippen molar-refractivity contribution in [2.24, 2.45) is 5.41 Å². The highest BCUT2D eigenvalue weighted by Crippen LogP contribution is 2.27. The van der Waals surface area contributed by atoms with Crippen LogP contribution in [0, 0.1) is 17.3 Å². The predicted octanol–water partition coefficient (Wildman–Crippen LogP) is 2.88. The van der Waals surface area contributed by atoms with Crippen molar-refractivity contribution >= 4 is 11.9 Å². The molecule has 0 radical (unpaired) electrons. The Bertz CT molecular complexity index is 663. The zero-order chi connectivity index (χ0) is 17.3. The molecule has 23 heavy (non-hydrogen) atoms. The van der Waals surface area contributed by atoms with Crippen molar-refractivity contribution in [1.29, 1.82) is 0 Å². The molecule has 0 fully saturated rings. The summed E-state index contributed by atoms with van der Waals surface area (Å²) in [5.74, 6) is 4.35. The largest absolute Gasteiger partial charge is 0.468 e. The lowest BCUT2D eigenvalue weighted by atomic mass is 9.84. The lowest BCUT2D eigenvalue weighted by Crippen LogP contribution is -2.39. The summed E-state index contributed by atoms with van der Waals surface area (Å²) in [7, 11) is 2.45. The van der Waals surface area contributed by atoms with Crippen molar-refractivity contribution in [1.82, 2.24) is 0 Å². The first-order valence-corrected chi connectivity index (χ1v) is 7.08. The molecule has 0 aliphatic rings. The average Bonchev–Trinajstić information content (AvgIpc) is 2.57. The maximum absolute atomic E-state index is 12.2. The topological polar surface area (TPSA) is 52.6 Å². The van der Waals surface area contributed by atoms with Gasteiger partial charge in [0.25, 0.3) is 0 Å². The number of ether oxygens (including phenoxy) is 2. The lowest BCUT2D eigenvalue weighted by Gasteiger charge is -2.21. The third kappa shape index (κ3) is 4.88. The summed E-state index contributed by atoms with van der Waals surface area (Å²) in [5.41, 5.74) is 2.88. The van der Waals surface area contributed by atoms with Gasteiger partial charge in [-0.15, -0.1) is 5.73 Å². The highest BCUT2D eigenvalue weighted by atomic mass is 16.5. The molecule has 4 nitrogen and oxygen atoms in total. The standard InChI is InChI=1S/C19H20O4/c1-15(2)12-14-19(17(20)22-3,18(21)23-4)13-8-11-16-9-6-5-7-10-16/h5-7,9-10,14H,13H2,1-4H3. The van der Waals surface area contributed by atoms with Crippen LogP contribution >= 0.6 is 0 Å². The van der Waals surface area contributed by atoms with E-state index >= 15 is 0 Å². The van der Waals surface area contributed by atoms with Gasteiger partial charge in [0.1, 0.15) is 0 Å². The summed E-state index contributed by atoms with van der Waals surface area (Å²) in [6, 6.07) is 9.30. The van der Waals surface area contributed by atoms with Crippen molar-refractivity contribution in [3.8, 4) is 11.8 Å². The Kier molecular flexibility index (Phi) is 6.86. The number of esters is 2. The Hall–Kier alpha value is -2.76. The van der Waals surface area contributed by atoms with E-state index in [1.807, 2.05) is 44.2 Å². The fourth-order valence-electron chi connectivity index (χ4n) is 1.84. The second-order valence-corrected chi connectivity index (χ2v) is 5.09. The van der Waals surface area contributed by atoms with Crippen molar-refractivity contribution in [2.75, 3.05) is 14.2 Å². The van der Waals surface area contributed by atoms with Gasteiger partial charge in [0.05, 0.1) is 14.2 Å². The minimum atomic E-state index is -1.62. The minimum absolute atomic E-state index is 0.0540. The first-order chi connectivity index (χ1) is 11.0. The number of benzene rings is 1. The van der Waals surface area contributed by atoms with Crippen molar-refractivity contribution < 1.29 is 19.1 Å². The van der Waals surface area contributed by atoms with Crippen LogP contribution in [0.3, 0.4) is 0 Å². The minimum Gasteiger partial charge on any atom is -0.468 e. The first kappa shape index (κ1) is 18.3. The molecule has 0 aliphatic carbocycles. The van der Waals surface area contributed by atoms with E-state index in [0.29, 0.717) is 0 Å². The summed E-state index contributed by atoms with van der Waals surface area (Å²) in [6.45, 7) is 3.62. The molecule has 0 atom stereocenters. The molecule has 0 saturated heterocycles. The summed E-state index contributed by atoms with van der Waals surface area (Å²) in [5, 5.41) is 0. The molecule has 1 aromatic rings. The van der Waals surface area contributed by atoms with E-state index in [-0.39, 0.29) is 6.42 Å². The zero-order valence-electron chi connectivity index (χ0n) is 13.8.